The van der Waals surface area contributed by atoms with E-state index in [1.807, 2.05) is 12.1 Å². The Labute approximate surface area is 321 Å². The first-order chi connectivity index (χ1) is 27.6. The van der Waals surface area contributed by atoms with Gasteiger partial charge in [-0.15, -0.1) is 0 Å². The third-order valence-electron chi connectivity index (χ3n) is 12.6. The number of hydrogen-bond donors (Lipinski definition) is 0. The van der Waals surface area contributed by atoms with Crippen molar-refractivity contribution in [1.29, 1.82) is 0 Å². The summed E-state index contributed by atoms with van der Waals surface area (Å²) in [5, 5.41) is 5.73. The van der Waals surface area contributed by atoms with Crippen LogP contribution in [0.1, 0.15) is 23.6 Å². The smallest absolute Gasteiger partial charge is 0.235 e. The second-order valence-corrected chi connectivity index (χ2v) is 15.4. The minimum atomic E-state index is -0.349. The van der Waals surface area contributed by atoms with Crippen molar-refractivity contribution in [3.63, 3.8) is 0 Å². The topological polar surface area (TPSA) is 43.9 Å². The van der Waals surface area contributed by atoms with Crippen LogP contribution in [-0.2, 0) is 5.41 Å². The molecule has 56 heavy (non-hydrogen) atoms. The van der Waals surface area contributed by atoms with Crippen LogP contribution in [0.25, 0.3) is 105 Å². The third-order valence-corrected chi connectivity index (χ3v) is 12.6. The van der Waals surface area contributed by atoms with Gasteiger partial charge in [0.25, 0.3) is 0 Å². The summed E-state index contributed by atoms with van der Waals surface area (Å²) in [6.07, 6.45) is 0. The van der Waals surface area contributed by atoms with E-state index in [1.54, 1.807) is 0 Å². The number of fused-ring (bicyclic) bond motifs is 11. The summed E-state index contributed by atoms with van der Waals surface area (Å²) >= 11 is 0. The number of hydrogen-bond acceptors (Lipinski definition) is 3. The van der Waals surface area contributed by atoms with E-state index < -0.39 is 0 Å². The van der Waals surface area contributed by atoms with Crippen LogP contribution in [0, 0.1) is 0 Å². The lowest BCUT2D eigenvalue weighted by atomic mass is 9.67. The Hall–Kier alpha value is -7.30. The van der Waals surface area contributed by atoms with Gasteiger partial charge in [-0.25, -0.2) is 9.97 Å². The van der Waals surface area contributed by atoms with Crippen LogP contribution in [0.2, 0.25) is 0 Å². The van der Waals surface area contributed by atoms with Crippen LogP contribution < -0.4 is 0 Å². The van der Waals surface area contributed by atoms with Crippen molar-refractivity contribution < 1.29 is 4.42 Å². The highest BCUT2D eigenvalue weighted by molar-refractivity contribution is 6.12. The first kappa shape index (κ1) is 30.1. The van der Waals surface area contributed by atoms with E-state index >= 15 is 0 Å². The van der Waals surface area contributed by atoms with Gasteiger partial charge in [-0.2, -0.15) is 0 Å². The minimum absolute atomic E-state index is 0.349. The monoisotopic (exact) mass is 713 g/mol. The molecular formula is C52H31N3O. The summed E-state index contributed by atoms with van der Waals surface area (Å²) in [7, 11) is 0. The minimum Gasteiger partial charge on any atom is -0.456 e. The fraction of sp³-hybridized carbons (Fsp3) is 0.0385. The number of para-hydroxylation sites is 2. The molecule has 4 nitrogen and oxygen atoms in total. The molecule has 2 aliphatic rings. The van der Waals surface area contributed by atoms with Gasteiger partial charge in [-0.1, -0.05) is 121 Å². The maximum absolute atomic E-state index is 6.15. The molecule has 0 saturated carbocycles. The van der Waals surface area contributed by atoms with E-state index in [4.69, 9.17) is 14.4 Å². The molecule has 13 rings (SSSR count). The summed E-state index contributed by atoms with van der Waals surface area (Å²) in [5.74, 6) is 0.679. The molecule has 0 spiro atoms. The lowest BCUT2D eigenvalue weighted by Crippen LogP contribution is -2.27. The van der Waals surface area contributed by atoms with Gasteiger partial charge >= 0.3 is 0 Å². The maximum Gasteiger partial charge on any atom is 0.235 e. The van der Waals surface area contributed by atoms with Gasteiger partial charge in [0.05, 0.1) is 22.2 Å². The molecule has 8 aromatic carbocycles. The number of nitrogens with zero attached hydrogens (tertiary/aromatic N) is 3. The Morgan fingerprint density at radius 1 is 0.464 bits per heavy atom. The van der Waals surface area contributed by atoms with Crippen molar-refractivity contribution in [2.24, 2.45) is 0 Å². The van der Waals surface area contributed by atoms with Crippen molar-refractivity contribution in [2.75, 3.05) is 0 Å². The van der Waals surface area contributed by atoms with Crippen molar-refractivity contribution in [3.05, 3.63) is 187 Å². The van der Waals surface area contributed by atoms with E-state index in [2.05, 4.69) is 169 Å². The van der Waals surface area contributed by atoms with Crippen LogP contribution >= 0.6 is 0 Å². The van der Waals surface area contributed by atoms with Crippen LogP contribution in [0.5, 0.6) is 0 Å². The molecule has 0 fully saturated rings. The molecule has 0 aliphatic heterocycles. The van der Waals surface area contributed by atoms with E-state index in [1.165, 1.54) is 55.3 Å². The molecule has 2 aliphatic carbocycles. The Morgan fingerprint density at radius 3 is 2.07 bits per heavy atom. The molecule has 260 valence electrons. The second kappa shape index (κ2) is 10.7. The van der Waals surface area contributed by atoms with Crippen molar-refractivity contribution >= 4 is 54.6 Å². The van der Waals surface area contributed by atoms with Crippen LogP contribution in [0.15, 0.2) is 174 Å². The van der Waals surface area contributed by atoms with Gasteiger partial charge in [-0.05, 0) is 106 Å². The second-order valence-electron chi connectivity index (χ2n) is 15.4. The molecule has 0 radical (unpaired) electrons. The summed E-state index contributed by atoms with van der Waals surface area (Å²) in [6.45, 7) is 2.40. The predicted octanol–water partition coefficient (Wildman–Crippen LogP) is 13.3. The molecule has 0 amide bonds. The Balaban J connectivity index is 1.02. The standard InChI is InChI=1S/C52H31N3O/c1-52-41-17-10-18-43-48(41)50(38-16-9-15-37(49(38)52)34-24-21-33(29-42(34)52)30-11-3-2-4-12-30)54-51(53-43)55-44-19-7-5-13-35(44)39-27-31(22-25-45(39)55)32-23-26-47-40(28-32)36-14-6-8-20-46(36)56-47/h2-29H,1H3. The van der Waals surface area contributed by atoms with E-state index in [-0.39, 0.29) is 5.41 Å². The molecule has 3 aromatic heterocycles. The van der Waals surface area contributed by atoms with Crippen molar-refractivity contribution in [2.45, 2.75) is 12.3 Å². The van der Waals surface area contributed by atoms with Gasteiger partial charge in [0, 0.05) is 37.9 Å². The molecule has 11 aromatic rings. The third kappa shape index (κ3) is 3.82. The zero-order valence-corrected chi connectivity index (χ0v) is 30.4. The highest BCUT2D eigenvalue weighted by Gasteiger charge is 2.47. The number of aromatic nitrogens is 3. The lowest BCUT2D eigenvalue weighted by molar-refractivity contribution is 0.669. The average molecular weight is 714 g/mol. The Kier molecular flexibility index (Phi) is 5.73. The zero-order valence-electron chi connectivity index (χ0n) is 30.4. The molecular weight excluding hydrogens is 683 g/mol. The van der Waals surface area contributed by atoms with Crippen LogP contribution in [0.3, 0.4) is 0 Å². The summed E-state index contributed by atoms with van der Waals surface area (Å²) in [5.41, 5.74) is 18.0. The van der Waals surface area contributed by atoms with E-state index in [0.717, 1.165) is 60.7 Å². The largest absolute Gasteiger partial charge is 0.456 e. The summed E-state index contributed by atoms with van der Waals surface area (Å²) < 4.78 is 8.40. The fourth-order valence-electron chi connectivity index (χ4n) is 10.1. The molecule has 1 atom stereocenters. The molecule has 3 heterocycles. The number of rotatable bonds is 3. The molecule has 0 saturated heterocycles. The van der Waals surface area contributed by atoms with E-state index in [0.29, 0.717) is 5.95 Å². The van der Waals surface area contributed by atoms with Crippen molar-refractivity contribution in [1.82, 2.24) is 14.5 Å². The van der Waals surface area contributed by atoms with Crippen molar-refractivity contribution in [3.8, 4) is 50.6 Å². The van der Waals surface area contributed by atoms with Crippen LogP contribution in [-0.4, -0.2) is 14.5 Å². The van der Waals surface area contributed by atoms with Gasteiger partial charge in [0.1, 0.15) is 11.2 Å². The zero-order chi connectivity index (χ0) is 36.7. The number of benzene rings is 8. The molecule has 0 bridgehead atoms. The number of furan rings is 1. The van der Waals surface area contributed by atoms with Crippen LogP contribution in [0.4, 0.5) is 0 Å². The maximum atomic E-state index is 6.15. The molecule has 0 N–H and O–H groups in total. The normalized spacial score (nSPS) is 15.3. The molecule has 4 heteroatoms. The van der Waals surface area contributed by atoms with Gasteiger partial charge < -0.3 is 4.42 Å². The fourth-order valence-corrected chi connectivity index (χ4v) is 10.1. The summed E-state index contributed by atoms with van der Waals surface area (Å²) in [4.78, 5) is 11.0. The summed E-state index contributed by atoms with van der Waals surface area (Å²) in [6, 6.07) is 61.2. The lowest BCUT2D eigenvalue weighted by Gasteiger charge is -2.35. The highest BCUT2D eigenvalue weighted by atomic mass is 16.3. The quantitative estimate of drug-likeness (QED) is 0.183. The highest BCUT2D eigenvalue weighted by Crippen LogP contribution is 2.60. The first-order valence-electron chi connectivity index (χ1n) is 19.2. The molecule has 1 unspecified atom stereocenters. The van der Waals surface area contributed by atoms with Gasteiger partial charge in [-0.3, -0.25) is 4.57 Å². The first-order valence-corrected chi connectivity index (χ1v) is 19.2. The van der Waals surface area contributed by atoms with E-state index in [9.17, 15) is 0 Å². The average Bonchev–Trinajstić information content (AvgIpc) is 3.88. The van der Waals surface area contributed by atoms with Gasteiger partial charge in [0.2, 0.25) is 5.95 Å². The van der Waals surface area contributed by atoms with Gasteiger partial charge in [0.15, 0.2) is 0 Å². The Bertz CT molecular complexity index is 3500. The Morgan fingerprint density at radius 2 is 1.16 bits per heavy atom. The SMILES string of the molecule is CC12c3cc(-c4ccccc4)ccc3-c3cccc(c31)-c1nc(-n3c4ccccc4c4cc(-c5ccc6oc7ccccc7c6c5)ccc43)nc3cccc2c13. The predicted molar refractivity (Wildman–Crippen MR) is 228 cm³/mol.